The Morgan fingerprint density at radius 1 is 1.20 bits per heavy atom. The molecule has 1 atom stereocenters. The molecule has 1 rings (SSSR count). The highest BCUT2D eigenvalue weighted by Crippen LogP contribution is 2.39. The highest BCUT2D eigenvalue weighted by molar-refractivity contribution is 9.10. The summed E-state index contributed by atoms with van der Waals surface area (Å²) < 4.78 is 26.1. The van der Waals surface area contributed by atoms with Gasteiger partial charge in [-0.1, -0.05) is 20.8 Å². The summed E-state index contributed by atoms with van der Waals surface area (Å²) in [5.41, 5.74) is -0.256. The van der Waals surface area contributed by atoms with E-state index < -0.39 is 19.7 Å². The average molecular weight is 435 g/mol. The van der Waals surface area contributed by atoms with Gasteiger partial charge in [-0.2, -0.15) is 0 Å². The Labute approximate surface area is 161 Å². The lowest BCUT2D eigenvalue weighted by Gasteiger charge is -2.37. The van der Waals surface area contributed by atoms with E-state index in [1.807, 2.05) is 6.07 Å². The molecule has 1 aromatic carbocycles. The van der Waals surface area contributed by atoms with Crippen LogP contribution in [0.4, 0.5) is 4.39 Å². The Bertz CT molecular complexity index is 568. The monoisotopic (exact) mass is 434 g/mol. The summed E-state index contributed by atoms with van der Waals surface area (Å²) in [6, 6.07) is 3.26. The van der Waals surface area contributed by atoms with Crippen LogP contribution >= 0.6 is 15.9 Å². The molecule has 25 heavy (non-hydrogen) atoms. The third-order valence-electron chi connectivity index (χ3n) is 5.16. The molecule has 144 valence electrons. The maximum absolute atomic E-state index is 14.3. The van der Waals surface area contributed by atoms with Gasteiger partial charge in [0.15, 0.2) is 19.9 Å². The first-order valence-electron chi connectivity index (χ1n) is 8.60. The largest absolute Gasteiger partial charge is 0.492 e. The molecule has 0 aromatic heterocycles. The second kappa shape index (κ2) is 8.07. The molecule has 3 nitrogen and oxygen atoms in total. The number of halogens is 2. The van der Waals surface area contributed by atoms with Crippen LogP contribution in [0.3, 0.4) is 0 Å². The van der Waals surface area contributed by atoms with Crippen LogP contribution in [0.5, 0.6) is 5.75 Å². The number of hydrogen-bond donors (Lipinski definition) is 1. The van der Waals surface area contributed by atoms with Gasteiger partial charge in [-0.3, -0.25) is 0 Å². The number of benzene rings is 1. The summed E-state index contributed by atoms with van der Waals surface area (Å²) in [6.45, 7) is 15.0. The molecule has 0 aliphatic heterocycles. The van der Waals surface area contributed by atoms with Gasteiger partial charge in [-0.15, -0.1) is 0 Å². The quantitative estimate of drug-likeness (QED) is 0.545. The average Bonchev–Trinajstić information content (AvgIpc) is 2.40. The van der Waals surface area contributed by atoms with E-state index in [4.69, 9.17) is 9.16 Å². The minimum Gasteiger partial charge on any atom is -0.492 e. The van der Waals surface area contributed by atoms with Crippen molar-refractivity contribution in [2.45, 2.75) is 70.7 Å². The first-order valence-corrected chi connectivity index (χ1v) is 12.3. The highest BCUT2D eigenvalue weighted by atomic mass is 79.9. The van der Waals surface area contributed by atoms with Crippen LogP contribution in [0.15, 0.2) is 16.6 Å². The van der Waals surface area contributed by atoms with Gasteiger partial charge in [0.05, 0.1) is 17.2 Å². The summed E-state index contributed by atoms with van der Waals surface area (Å²) in [5, 5.41) is 10.7. The zero-order valence-corrected chi connectivity index (χ0v) is 19.3. The molecule has 0 aliphatic carbocycles. The van der Waals surface area contributed by atoms with E-state index in [9.17, 15) is 9.50 Å². The normalized spacial score (nSPS) is 14.5. The van der Waals surface area contributed by atoms with Crippen molar-refractivity contribution in [2.75, 3.05) is 13.7 Å². The molecule has 1 unspecified atom stereocenters. The molecule has 0 amide bonds. The van der Waals surface area contributed by atoms with Crippen LogP contribution in [-0.4, -0.2) is 32.7 Å². The summed E-state index contributed by atoms with van der Waals surface area (Å²) in [4.78, 5) is 0. The van der Waals surface area contributed by atoms with Crippen LogP contribution in [0.25, 0.3) is 0 Å². The zero-order chi connectivity index (χ0) is 19.6. The molecule has 1 aromatic rings. The third-order valence-corrected chi connectivity index (χ3v) is 10.3. The molecule has 0 fully saturated rings. The van der Waals surface area contributed by atoms with Crippen molar-refractivity contribution in [3.8, 4) is 5.75 Å². The maximum Gasteiger partial charge on any atom is 0.191 e. The molecular weight excluding hydrogens is 403 g/mol. The fourth-order valence-electron chi connectivity index (χ4n) is 2.55. The van der Waals surface area contributed by atoms with Crippen LogP contribution < -0.4 is 4.74 Å². The molecule has 0 saturated carbocycles. The third kappa shape index (κ3) is 5.78. The van der Waals surface area contributed by atoms with Gasteiger partial charge in [-0.05, 0) is 72.0 Å². The van der Waals surface area contributed by atoms with Gasteiger partial charge in [0.1, 0.15) is 0 Å². The standard InChI is InChI=1S/C19H32BrFO3Si/c1-18(2,3)25(7,8)24-10-9-14(19(4,5)22)13-11-15(20)17(23-6)16(21)12-13/h11-12,14,22H,9-10H2,1-8H3. The summed E-state index contributed by atoms with van der Waals surface area (Å²) in [6.07, 6.45) is 0.619. The number of rotatable bonds is 7. The van der Waals surface area contributed by atoms with E-state index in [0.29, 0.717) is 17.5 Å². The van der Waals surface area contributed by atoms with Gasteiger partial charge in [0, 0.05) is 12.5 Å². The lowest BCUT2D eigenvalue weighted by atomic mass is 9.82. The first kappa shape index (κ1) is 22.6. The van der Waals surface area contributed by atoms with Crippen molar-refractivity contribution in [3.63, 3.8) is 0 Å². The number of ether oxygens (including phenoxy) is 1. The van der Waals surface area contributed by atoms with Crippen molar-refractivity contribution < 1.29 is 18.7 Å². The lowest BCUT2D eigenvalue weighted by molar-refractivity contribution is 0.0405. The lowest BCUT2D eigenvalue weighted by Crippen LogP contribution is -2.41. The van der Waals surface area contributed by atoms with E-state index in [0.717, 1.165) is 5.56 Å². The van der Waals surface area contributed by atoms with Crippen LogP contribution in [0, 0.1) is 5.82 Å². The summed E-state index contributed by atoms with van der Waals surface area (Å²) in [7, 11) is -0.419. The Morgan fingerprint density at radius 3 is 2.16 bits per heavy atom. The van der Waals surface area contributed by atoms with Gasteiger partial charge in [0.25, 0.3) is 0 Å². The van der Waals surface area contributed by atoms with Crippen molar-refractivity contribution in [1.29, 1.82) is 0 Å². The second-order valence-corrected chi connectivity index (χ2v) is 14.3. The van der Waals surface area contributed by atoms with Crippen LogP contribution in [-0.2, 0) is 4.43 Å². The Hall–Kier alpha value is -0.433. The Morgan fingerprint density at radius 2 is 1.76 bits per heavy atom. The Kier molecular flexibility index (Phi) is 7.30. The predicted molar refractivity (Wildman–Crippen MR) is 107 cm³/mol. The molecule has 0 heterocycles. The van der Waals surface area contributed by atoms with Crippen molar-refractivity contribution in [1.82, 2.24) is 0 Å². The molecule has 0 radical (unpaired) electrons. The molecule has 0 saturated heterocycles. The van der Waals surface area contributed by atoms with Gasteiger partial charge >= 0.3 is 0 Å². The van der Waals surface area contributed by atoms with Gasteiger partial charge < -0.3 is 14.3 Å². The fourth-order valence-corrected chi connectivity index (χ4v) is 4.23. The SMILES string of the molecule is COc1c(F)cc(C(CCO[Si](C)(C)C(C)(C)C)C(C)(C)O)cc1Br. The van der Waals surface area contributed by atoms with Crippen molar-refractivity contribution in [3.05, 3.63) is 28.0 Å². The predicted octanol–water partition coefficient (Wildman–Crippen LogP) is 5.86. The van der Waals surface area contributed by atoms with Crippen molar-refractivity contribution in [2.24, 2.45) is 0 Å². The topological polar surface area (TPSA) is 38.7 Å². The molecule has 0 aliphatic rings. The Balaban J connectivity index is 3.02. The second-order valence-electron chi connectivity index (χ2n) is 8.62. The van der Waals surface area contributed by atoms with E-state index in [1.165, 1.54) is 13.2 Å². The maximum atomic E-state index is 14.3. The van der Waals surface area contributed by atoms with Gasteiger partial charge in [-0.25, -0.2) is 4.39 Å². The van der Waals surface area contributed by atoms with Crippen molar-refractivity contribution >= 4 is 24.2 Å². The molecule has 0 spiro atoms. The van der Waals surface area contributed by atoms with E-state index in [1.54, 1.807) is 13.8 Å². The summed E-state index contributed by atoms with van der Waals surface area (Å²) >= 11 is 3.35. The molecule has 6 heteroatoms. The number of aliphatic hydroxyl groups is 1. The summed E-state index contributed by atoms with van der Waals surface area (Å²) in [5.74, 6) is -0.504. The fraction of sp³-hybridized carbons (Fsp3) is 0.684. The van der Waals surface area contributed by atoms with Crippen LogP contribution in [0.2, 0.25) is 18.1 Å². The zero-order valence-electron chi connectivity index (χ0n) is 16.7. The van der Waals surface area contributed by atoms with E-state index >= 15 is 0 Å². The first-order chi connectivity index (χ1) is 11.2. The van der Waals surface area contributed by atoms with E-state index in [2.05, 4.69) is 49.8 Å². The minimum absolute atomic E-state index is 0.131. The number of hydrogen-bond acceptors (Lipinski definition) is 3. The molecule has 0 bridgehead atoms. The van der Waals surface area contributed by atoms with E-state index in [-0.39, 0.29) is 16.7 Å². The smallest absolute Gasteiger partial charge is 0.191 e. The van der Waals surface area contributed by atoms with Gasteiger partial charge in [0.2, 0.25) is 0 Å². The van der Waals surface area contributed by atoms with Crippen LogP contribution in [0.1, 0.15) is 52.5 Å². The molecule has 1 N–H and O–H groups in total. The molecular formula is C19H32BrFO3Si. The highest BCUT2D eigenvalue weighted by Gasteiger charge is 2.38. The number of methoxy groups -OCH3 is 1. The minimum atomic E-state index is -1.85.